The molecule has 27 heavy (non-hydrogen) atoms. The Morgan fingerprint density at radius 3 is 2.30 bits per heavy atom. The molecular weight excluding hydrogens is 358 g/mol. The molecule has 3 heterocycles. The molecule has 0 saturated carbocycles. The Labute approximate surface area is 160 Å². The van der Waals surface area contributed by atoms with E-state index in [4.69, 9.17) is 9.97 Å². The van der Waals surface area contributed by atoms with Gasteiger partial charge < -0.3 is 9.80 Å². The molecule has 0 unspecified atom stereocenters. The molecule has 5 rings (SSSR count). The lowest BCUT2D eigenvalue weighted by Gasteiger charge is -2.35. The average Bonchev–Trinajstić information content (AvgIpc) is 3.15. The molecule has 136 valence electrons. The van der Waals surface area contributed by atoms with E-state index in [0.717, 1.165) is 48.3 Å². The SMILES string of the molecule is Cn1c(N2CCN(c3nc4ccccc4s3)CC2)nc2ccccc2c1=O. The Balaban J connectivity index is 1.41. The quantitative estimate of drug-likeness (QED) is 0.538. The van der Waals surface area contributed by atoms with Gasteiger partial charge in [0.1, 0.15) is 0 Å². The maximum atomic E-state index is 12.7. The minimum absolute atomic E-state index is 0.00389. The topological polar surface area (TPSA) is 54.3 Å². The molecule has 1 saturated heterocycles. The van der Waals surface area contributed by atoms with Crippen molar-refractivity contribution in [3.8, 4) is 0 Å². The van der Waals surface area contributed by atoms with Crippen LogP contribution < -0.4 is 15.4 Å². The van der Waals surface area contributed by atoms with E-state index in [1.807, 2.05) is 36.4 Å². The number of hydrogen-bond acceptors (Lipinski definition) is 6. The zero-order valence-corrected chi connectivity index (χ0v) is 15.8. The number of para-hydroxylation sites is 2. The molecule has 0 aliphatic carbocycles. The van der Waals surface area contributed by atoms with Crippen LogP contribution in [0.1, 0.15) is 0 Å². The molecular formula is C20H19N5OS. The molecule has 0 N–H and O–H groups in total. The second-order valence-corrected chi connectivity index (χ2v) is 7.74. The monoisotopic (exact) mass is 377 g/mol. The zero-order valence-electron chi connectivity index (χ0n) is 15.0. The highest BCUT2D eigenvalue weighted by Gasteiger charge is 2.23. The van der Waals surface area contributed by atoms with E-state index < -0.39 is 0 Å². The molecule has 4 aromatic rings. The average molecular weight is 377 g/mol. The summed E-state index contributed by atoms with van der Waals surface area (Å²) >= 11 is 1.73. The van der Waals surface area contributed by atoms with Gasteiger partial charge in [-0.3, -0.25) is 9.36 Å². The lowest BCUT2D eigenvalue weighted by Crippen LogP contribution is -2.48. The van der Waals surface area contributed by atoms with Crippen LogP contribution in [0.15, 0.2) is 53.3 Å². The third kappa shape index (κ3) is 2.75. The maximum Gasteiger partial charge on any atom is 0.262 e. The van der Waals surface area contributed by atoms with Gasteiger partial charge in [0.15, 0.2) is 5.13 Å². The summed E-state index contributed by atoms with van der Waals surface area (Å²) in [5.41, 5.74) is 1.81. The van der Waals surface area contributed by atoms with Crippen molar-refractivity contribution in [3.05, 3.63) is 58.9 Å². The molecule has 2 aromatic carbocycles. The van der Waals surface area contributed by atoms with Gasteiger partial charge in [-0.15, -0.1) is 0 Å². The fourth-order valence-corrected chi connectivity index (χ4v) is 4.60. The number of piperazine rings is 1. The maximum absolute atomic E-state index is 12.7. The molecule has 2 aromatic heterocycles. The van der Waals surface area contributed by atoms with Crippen molar-refractivity contribution in [2.75, 3.05) is 36.0 Å². The van der Waals surface area contributed by atoms with E-state index in [2.05, 4.69) is 21.9 Å². The largest absolute Gasteiger partial charge is 0.345 e. The molecule has 1 aliphatic heterocycles. The van der Waals surface area contributed by atoms with E-state index in [-0.39, 0.29) is 5.56 Å². The summed E-state index contributed by atoms with van der Waals surface area (Å²) in [6.07, 6.45) is 0. The highest BCUT2D eigenvalue weighted by Crippen LogP contribution is 2.29. The predicted molar refractivity (Wildman–Crippen MR) is 111 cm³/mol. The highest BCUT2D eigenvalue weighted by molar-refractivity contribution is 7.22. The minimum atomic E-state index is 0.00389. The van der Waals surface area contributed by atoms with Crippen LogP contribution in [0.2, 0.25) is 0 Å². The van der Waals surface area contributed by atoms with Gasteiger partial charge in [-0.2, -0.15) is 0 Å². The molecule has 1 aliphatic rings. The zero-order chi connectivity index (χ0) is 18.4. The van der Waals surface area contributed by atoms with E-state index in [1.165, 1.54) is 4.70 Å². The smallest absolute Gasteiger partial charge is 0.262 e. The van der Waals surface area contributed by atoms with Crippen LogP contribution in [0, 0.1) is 0 Å². The first-order valence-corrected chi connectivity index (χ1v) is 9.83. The lowest BCUT2D eigenvalue weighted by molar-refractivity contribution is 0.622. The molecule has 0 spiro atoms. The molecule has 7 heteroatoms. The van der Waals surface area contributed by atoms with Crippen molar-refractivity contribution in [2.24, 2.45) is 7.05 Å². The Morgan fingerprint density at radius 2 is 1.52 bits per heavy atom. The highest BCUT2D eigenvalue weighted by atomic mass is 32.1. The first-order valence-electron chi connectivity index (χ1n) is 9.02. The summed E-state index contributed by atoms with van der Waals surface area (Å²) in [5, 5.41) is 1.73. The first kappa shape index (κ1) is 16.3. The predicted octanol–water partition coefficient (Wildman–Crippen LogP) is 2.87. The van der Waals surface area contributed by atoms with Gasteiger partial charge in [-0.05, 0) is 24.3 Å². The van der Waals surface area contributed by atoms with Crippen LogP contribution in [0.4, 0.5) is 11.1 Å². The molecule has 6 nitrogen and oxygen atoms in total. The summed E-state index contributed by atoms with van der Waals surface area (Å²) in [6.45, 7) is 3.36. The van der Waals surface area contributed by atoms with Crippen molar-refractivity contribution < 1.29 is 0 Å². The summed E-state index contributed by atoms with van der Waals surface area (Å²) < 4.78 is 2.88. The fraction of sp³-hybridized carbons (Fsp3) is 0.250. The van der Waals surface area contributed by atoms with Crippen molar-refractivity contribution in [1.29, 1.82) is 0 Å². The van der Waals surface area contributed by atoms with Gasteiger partial charge in [0.25, 0.3) is 5.56 Å². The number of nitrogens with zero attached hydrogens (tertiary/aromatic N) is 5. The molecule has 0 amide bonds. The number of rotatable bonds is 2. The van der Waals surface area contributed by atoms with Crippen molar-refractivity contribution in [3.63, 3.8) is 0 Å². The molecule has 0 bridgehead atoms. The Bertz CT molecular complexity index is 1160. The second-order valence-electron chi connectivity index (χ2n) is 6.73. The van der Waals surface area contributed by atoms with Gasteiger partial charge in [-0.25, -0.2) is 9.97 Å². The van der Waals surface area contributed by atoms with Gasteiger partial charge in [0, 0.05) is 33.2 Å². The van der Waals surface area contributed by atoms with E-state index in [0.29, 0.717) is 5.39 Å². The van der Waals surface area contributed by atoms with Crippen LogP contribution >= 0.6 is 11.3 Å². The van der Waals surface area contributed by atoms with Crippen molar-refractivity contribution in [1.82, 2.24) is 14.5 Å². The van der Waals surface area contributed by atoms with Crippen LogP contribution in [0.3, 0.4) is 0 Å². The minimum Gasteiger partial charge on any atom is -0.345 e. The van der Waals surface area contributed by atoms with E-state index in [9.17, 15) is 4.79 Å². The van der Waals surface area contributed by atoms with Gasteiger partial charge >= 0.3 is 0 Å². The second kappa shape index (κ2) is 6.35. The van der Waals surface area contributed by atoms with Crippen LogP contribution in [-0.2, 0) is 7.05 Å². The molecule has 0 radical (unpaired) electrons. The van der Waals surface area contributed by atoms with Crippen molar-refractivity contribution >= 4 is 43.5 Å². The normalized spacial score (nSPS) is 15.0. The van der Waals surface area contributed by atoms with Gasteiger partial charge in [-0.1, -0.05) is 35.6 Å². The van der Waals surface area contributed by atoms with Gasteiger partial charge in [0.05, 0.1) is 21.1 Å². The molecule has 1 fully saturated rings. The fourth-order valence-electron chi connectivity index (χ4n) is 3.58. The number of aromatic nitrogens is 3. The number of hydrogen-bond donors (Lipinski definition) is 0. The Hall–Kier alpha value is -2.93. The van der Waals surface area contributed by atoms with Crippen molar-refractivity contribution in [2.45, 2.75) is 0 Å². The van der Waals surface area contributed by atoms with E-state index in [1.54, 1.807) is 23.0 Å². The lowest BCUT2D eigenvalue weighted by atomic mass is 10.2. The molecule has 0 atom stereocenters. The first-order chi connectivity index (χ1) is 13.2. The van der Waals surface area contributed by atoms with E-state index >= 15 is 0 Å². The third-order valence-electron chi connectivity index (χ3n) is 5.08. The number of benzene rings is 2. The van der Waals surface area contributed by atoms with Gasteiger partial charge in [0.2, 0.25) is 5.95 Å². The number of anilines is 2. The number of fused-ring (bicyclic) bond motifs is 2. The summed E-state index contributed by atoms with van der Waals surface area (Å²) in [4.78, 5) is 26.7. The number of thiazole rings is 1. The standard InChI is InChI=1S/C20H19N5OS/c1-23-18(26)14-6-2-3-7-15(14)21-19(23)24-10-12-25(13-11-24)20-22-16-8-4-5-9-17(16)27-20/h2-9H,10-13H2,1H3. The Morgan fingerprint density at radius 1 is 0.852 bits per heavy atom. The summed E-state index contributed by atoms with van der Waals surface area (Å²) in [7, 11) is 1.80. The summed E-state index contributed by atoms with van der Waals surface area (Å²) in [6, 6.07) is 15.8. The van der Waals surface area contributed by atoms with Crippen LogP contribution in [-0.4, -0.2) is 40.7 Å². The Kier molecular flexibility index (Phi) is 3.82. The summed E-state index contributed by atoms with van der Waals surface area (Å²) in [5.74, 6) is 0.739. The van der Waals surface area contributed by atoms with Crippen LogP contribution in [0.5, 0.6) is 0 Å². The third-order valence-corrected chi connectivity index (χ3v) is 6.17. The van der Waals surface area contributed by atoms with Crippen LogP contribution in [0.25, 0.3) is 21.1 Å².